The summed E-state index contributed by atoms with van der Waals surface area (Å²) in [5.41, 5.74) is 1.35. The Morgan fingerprint density at radius 2 is 1.36 bits per heavy atom. The molecule has 0 aliphatic heterocycles. The van der Waals surface area contributed by atoms with Gasteiger partial charge in [0.05, 0.1) is 26.9 Å². The Balaban J connectivity index is 2.22. The van der Waals surface area contributed by atoms with Crippen LogP contribution in [0.15, 0.2) is 42.5 Å². The highest BCUT2D eigenvalue weighted by Gasteiger charge is 2.14. The van der Waals surface area contributed by atoms with Crippen molar-refractivity contribution in [2.45, 2.75) is 78.6 Å². The first-order valence-electron chi connectivity index (χ1n) is 13.6. The fraction of sp³-hybridized carbons (Fsp3) is 0.516. The zero-order valence-electron chi connectivity index (χ0n) is 22.6. The van der Waals surface area contributed by atoms with E-state index in [1.165, 1.54) is 0 Å². The first-order valence-corrected chi connectivity index (χ1v) is 13.6. The number of allylic oxidation sites excluding steroid dienone is 1. The van der Waals surface area contributed by atoms with Crippen LogP contribution in [0.3, 0.4) is 0 Å². The summed E-state index contributed by atoms with van der Waals surface area (Å²) < 4.78 is 23.5. The fourth-order valence-electron chi connectivity index (χ4n) is 3.72. The lowest BCUT2D eigenvalue weighted by molar-refractivity contribution is 0.104. The lowest BCUT2D eigenvalue weighted by Crippen LogP contribution is -2.03. The Morgan fingerprint density at radius 1 is 0.750 bits per heavy atom. The van der Waals surface area contributed by atoms with Crippen molar-refractivity contribution in [3.8, 4) is 23.0 Å². The van der Waals surface area contributed by atoms with Gasteiger partial charge in [0.25, 0.3) is 0 Å². The van der Waals surface area contributed by atoms with Gasteiger partial charge in [0, 0.05) is 17.2 Å². The number of ether oxygens (including phenoxy) is 4. The third-order valence-electron chi connectivity index (χ3n) is 5.84. The molecule has 0 aliphatic rings. The van der Waals surface area contributed by atoms with Gasteiger partial charge in [-0.05, 0) is 49.6 Å². The van der Waals surface area contributed by atoms with Gasteiger partial charge in [-0.3, -0.25) is 4.79 Å². The zero-order valence-corrected chi connectivity index (χ0v) is 22.6. The minimum Gasteiger partial charge on any atom is -0.494 e. The van der Waals surface area contributed by atoms with Crippen LogP contribution in [0.5, 0.6) is 23.0 Å². The van der Waals surface area contributed by atoms with Crippen LogP contribution in [-0.2, 0) is 0 Å². The molecular formula is C31H44O5. The van der Waals surface area contributed by atoms with E-state index in [1.807, 2.05) is 30.3 Å². The number of hydrogen-bond acceptors (Lipinski definition) is 5. The highest BCUT2D eigenvalue weighted by Crippen LogP contribution is 2.37. The molecule has 2 rings (SSSR count). The smallest absolute Gasteiger partial charge is 0.185 e. The van der Waals surface area contributed by atoms with Crippen LogP contribution < -0.4 is 18.9 Å². The Bertz CT molecular complexity index is 935. The molecule has 5 heteroatoms. The lowest BCUT2D eigenvalue weighted by atomic mass is 10.1. The Hall–Kier alpha value is -2.95. The van der Waals surface area contributed by atoms with Crippen molar-refractivity contribution in [1.29, 1.82) is 0 Å². The van der Waals surface area contributed by atoms with Crippen LogP contribution in [0.2, 0.25) is 0 Å². The van der Waals surface area contributed by atoms with E-state index in [9.17, 15) is 4.79 Å². The maximum atomic E-state index is 13.0. The third-order valence-corrected chi connectivity index (χ3v) is 5.84. The van der Waals surface area contributed by atoms with Crippen LogP contribution in [0, 0.1) is 0 Å². The normalized spacial score (nSPS) is 11.0. The third kappa shape index (κ3) is 10.3. The van der Waals surface area contributed by atoms with E-state index >= 15 is 0 Å². The molecule has 0 unspecified atom stereocenters. The quantitative estimate of drug-likeness (QED) is 0.111. The Morgan fingerprint density at radius 3 is 1.97 bits per heavy atom. The summed E-state index contributed by atoms with van der Waals surface area (Å²) in [6.45, 7) is 8.38. The van der Waals surface area contributed by atoms with Gasteiger partial charge < -0.3 is 18.9 Å². The number of carbonyl (C=O) groups is 1. The maximum absolute atomic E-state index is 13.0. The minimum atomic E-state index is -0.0980. The van der Waals surface area contributed by atoms with Crippen LogP contribution in [0.25, 0.3) is 6.08 Å². The van der Waals surface area contributed by atoms with Crippen molar-refractivity contribution in [1.82, 2.24) is 0 Å². The molecular weight excluding hydrogens is 452 g/mol. The van der Waals surface area contributed by atoms with E-state index in [0.29, 0.717) is 42.6 Å². The van der Waals surface area contributed by atoms with Gasteiger partial charge in [0.2, 0.25) is 0 Å². The molecule has 0 N–H and O–H groups in total. The van der Waals surface area contributed by atoms with E-state index in [4.69, 9.17) is 18.9 Å². The number of methoxy groups -OCH3 is 1. The highest BCUT2D eigenvalue weighted by molar-refractivity contribution is 6.07. The van der Waals surface area contributed by atoms with Crippen LogP contribution in [0.4, 0.5) is 0 Å². The van der Waals surface area contributed by atoms with Crippen LogP contribution >= 0.6 is 0 Å². The molecule has 0 amide bonds. The molecule has 2 aromatic rings. The molecule has 2 aromatic carbocycles. The number of rotatable bonds is 19. The van der Waals surface area contributed by atoms with E-state index in [1.54, 1.807) is 25.3 Å². The van der Waals surface area contributed by atoms with Crippen molar-refractivity contribution in [2.24, 2.45) is 0 Å². The second-order valence-corrected chi connectivity index (χ2v) is 8.94. The molecule has 0 fully saturated rings. The topological polar surface area (TPSA) is 54.0 Å². The average Bonchev–Trinajstić information content (AvgIpc) is 2.90. The monoisotopic (exact) mass is 496 g/mol. The zero-order chi connectivity index (χ0) is 26.0. The summed E-state index contributed by atoms with van der Waals surface area (Å²) in [5, 5.41) is 0. The summed E-state index contributed by atoms with van der Waals surface area (Å²) in [5.74, 6) is 2.56. The Kier molecular flexibility index (Phi) is 14.2. The summed E-state index contributed by atoms with van der Waals surface area (Å²) in [7, 11) is 1.62. The van der Waals surface area contributed by atoms with E-state index in [2.05, 4.69) is 20.8 Å². The number of hydrogen-bond donors (Lipinski definition) is 0. The van der Waals surface area contributed by atoms with E-state index < -0.39 is 0 Å². The van der Waals surface area contributed by atoms with Crippen LogP contribution in [-0.4, -0.2) is 32.7 Å². The number of unbranched alkanes of at least 4 members (excludes halogenated alkanes) is 6. The molecule has 198 valence electrons. The van der Waals surface area contributed by atoms with Crippen molar-refractivity contribution in [2.75, 3.05) is 26.9 Å². The van der Waals surface area contributed by atoms with Gasteiger partial charge in [0.15, 0.2) is 17.3 Å². The van der Waals surface area contributed by atoms with Crippen molar-refractivity contribution < 1.29 is 23.7 Å². The molecule has 0 radical (unpaired) electrons. The molecule has 0 aliphatic carbocycles. The second-order valence-electron chi connectivity index (χ2n) is 8.94. The van der Waals surface area contributed by atoms with Crippen LogP contribution in [0.1, 0.15) is 94.5 Å². The standard InChI is InChI=1S/C31H44O5/c1-5-8-11-19-34-27-16-14-15-25(22-27)29(32)18-17-26-23-28(35-20-12-9-6-2)24-30(33-4)31(26)36-21-13-10-7-3/h14-18,22-24H,5-13,19-21H2,1-4H3. The van der Waals surface area contributed by atoms with Gasteiger partial charge in [-0.1, -0.05) is 71.4 Å². The first-order chi connectivity index (χ1) is 17.6. The minimum absolute atomic E-state index is 0.0980. The summed E-state index contributed by atoms with van der Waals surface area (Å²) in [4.78, 5) is 13.0. The molecule has 0 bridgehead atoms. The van der Waals surface area contributed by atoms with Crippen molar-refractivity contribution in [3.05, 3.63) is 53.6 Å². The molecule has 0 atom stereocenters. The van der Waals surface area contributed by atoms with Gasteiger partial charge in [-0.25, -0.2) is 0 Å². The molecule has 0 saturated carbocycles. The SMILES string of the molecule is CCCCCOc1cccc(C(=O)C=Cc2cc(OCCCCC)cc(OC)c2OCCCCC)c1. The molecule has 0 heterocycles. The number of benzene rings is 2. The van der Waals surface area contributed by atoms with Crippen molar-refractivity contribution >= 4 is 11.9 Å². The predicted octanol–water partition coefficient (Wildman–Crippen LogP) is 8.30. The van der Waals surface area contributed by atoms with Gasteiger partial charge in [-0.15, -0.1) is 0 Å². The van der Waals surface area contributed by atoms with Gasteiger partial charge in [0.1, 0.15) is 11.5 Å². The maximum Gasteiger partial charge on any atom is 0.185 e. The summed E-state index contributed by atoms with van der Waals surface area (Å²) in [6.07, 6.45) is 13.1. The fourth-order valence-corrected chi connectivity index (χ4v) is 3.72. The molecule has 0 spiro atoms. The second kappa shape index (κ2) is 17.5. The lowest BCUT2D eigenvalue weighted by Gasteiger charge is -2.16. The largest absolute Gasteiger partial charge is 0.494 e. The van der Waals surface area contributed by atoms with Gasteiger partial charge in [-0.2, -0.15) is 0 Å². The first kappa shape index (κ1) is 29.3. The Labute approximate surface area is 217 Å². The summed E-state index contributed by atoms with van der Waals surface area (Å²) >= 11 is 0. The molecule has 0 aromatic heterocycles. The summed E-state index contributed by atoms with van der Waals surface area (Å²) in [6, 6.07) is 11.1. The van der Waals surface area contributed by atoms with E-state index in [-0.39, 0.29) is 5.78 Å². The molecule has 5 nitrogen and oxygen atoms in total. The highest BCUT2D eigenvalue weighted by atomic mass is 16.5. The predicted molar refractivity (Wildman–Crippen MR) is 148 cm³/mol. The average molecular weight is 497 g/mol. The number of carbonyl (C=O) groups excluding carboxylic acids is 1. The molecule has 36 heavy (non-hydrogen) atoms. The molecule has 0 saturated heterocycles. The number of ketones is 1. The van der Waals surface area contributed by atoms with Gasteiger partial charge >= 0.3 is 0 Å². The van der Waals surface area contributed by atoms with E-state index in [0.717, 1.165) is 69.1 Å². The van der Waals surface area contributed by atoms with Crippen molar-refractivity contribution in [3.63, 3.8) is 0 Å².